The van der Waals surface area contributed by atoms with Crippen molar-refractivity contribution in [3.8, 4) is 0 Å². The first-order chi connectivity index (χ1) is 6.43. The number of carbonyl (C=O) groups excluding carboxylic acids is 1. The molecule has 6 nitrogen and oxygen atoms in total. The van der Waals surface area contributed by atoms with E-state index in [0.29, 0.717) is 0 Å². The molecule has 0 heterocycles. The van der Waals surface area contributed by atoms with Crippen LogP contribution in [0.2, 0.25) is 0 Å². The molecule has 0 aliphatic rings. The summed E-state index contributed by atoms with van der Waals surface area (Å²) in [5.74, 6) is -1.68. The number of aliphatic hydroxyl groups is 1. The first-order valence-electron chi connectivity index (χ1n) is 4.34. The Bertz CT molecular complexity index is 206. The summed E-state index contributed by atoms with van der Waals surface area (Å²) in [5, 5.41) is 22.3. The number of carboxylic acids is 1. The van der Waals surface area contributed by atoms with Gasteiger partial charge in [-0.1, -0.05) is 13.8 Å². The normalized spacial score (nSPS) is 12.6. The highest BCUT2D eigenvalue weighted by molar-refractivity contribution is 5.79. The Hall–Kier alpha value is -1.14. The zero-order chi connectivity index (χ0) is 11.1. The predicted molar refractivity (Wildman–Crippen MR) is 49.8 cm³/mol. The number of hydrogen-bond donors (Lipinski definition) is 4. The van der Waals surface area contributed by atoms with E-state index in [1.165, 1.54) is 0 Å². The highest BCUT2D eigenvalue weighted by Gasteiger charge is 2.13. The molecule has 0 radical (unpaired) electrons. The topological polar surface area (TPSA) is 98.7 Å². The number of rotatable bonds is 6. The second kappa shape index (κ2) is 6.33. The summed E-state index contributed by atoms with van der Waals surface area (Å²) >= 11 is 0. The number of amides is 1. The molecular formula is C8H16N2O4. The third-order valence-electron chi connectivity index (χ3n) is 1.45. The molecule has 0 aliphatic heterocycles. The molecule has 6 heteroatoms. The Labute approximate surface area is 82.3 Å². The van der Waals surface area contributed by atoms with Gasteiger partial charge in [-0.05, 0) is 0 Å². The number of hydrogen-bond acceptors (Lipinski definition) is 4. The highest BCUT2D eigenvalue weighted by atomic mass is 16.4. The Balaban J connectivity index is 3.59. The summed E-state index contributed by atoms with van der Waals surface area (Å²) in [6.45, 7) is 3.62. The van der Waals surface area contributed by atoms with Crippen molar-refractivity contribution in [2.45, 2.75) is 26.0 Å². The van der Waals surface area contributed by atoms with Crippen LogP contribution in [0.5, 0.6) is 0 Å². The zero-order valence-electron chi connectivity index (χ0n) is 8.28. The van der Waals surface area contributed by atoms with Crippen molar-refractivity contribution in [1.29, 1.82) is 0 Å². The van der Waals surface area contributed by atoms with Gasteiger partial charge >= 0.3 is 5.97 Å². The van der Waals surface area contributed by atoms with E-state index in [4.69, 9.17) is 10.2 Å². The first kappa shape index (κ1) is 12.9. The number of carboxylic acid groups (broad SMARTS) is 1. The monoisotopic (exact) mass is 204 g/mol. The summed E-state index contributed by atoms with van der Waals surface area (Å²) in [7, 11) is 0. The van der Waals surface area contributed by atoms with Crippen LogP contribution in [0.4, 0.5) is 0 Å². The van der Waals surface area contributed by atoms with Gasteiger partial charge in [0.15, 0.2) is 6.10 Å². The Kier molecular flexibility index (Phi) is 5.82. The molecule has 0 aliphatic carbocycles. The second-order valence-corrected chi connectivity index (χ2v) is 3.19. The fraction of sp³-hybridized carbons (Fsp3) is 0.750. The fourth-order valence-electron chi connectivity index (χ4n) is 0.657. The van der Waals surface area contributed by atoms with Crippen molar-refractivity contribution < 1.29 is 19.8 Å². The molecule has 82 valence electrons. The lowest BCUT2D eigenvalue weighted by Gasteiger charge is -2.10. The van der Waals surface area contributed by atoms with Crippen molar-refractivity contribution in [2.75, 3.05) is 13.1 Å². The summed E-state index contributed by atoms with van der Waals surface area (Å²) in [6, 6.07) is 0.185. The quantitative estimate of drug-likeness (QED) is 0.424. The van der Waals surface area contributed by atoms with E-state index in [1.807, 2.05) is 13.8 Å². The molecule has 0 rings (SSSR count). The molecule has 14 heavy (non-hydrogen) atoms. The van der Waals surface area contributed by atoms with Gasteiger partial charge in [-0.15, -0.1) is 0 Å². The molecule has 0 saturated heterocycles. The van der Waals surface area contributed by atoms with Crippen LogP contribution in [0.15, 0.2) is 0 Å². The van der Waals surface area contributed by atoms with Gasteiger partial charge in [-0.3, -0.25) is 4.79 Å². The highest BCUT2D eigenvalue weighted by Crippen LogP contribution is 1.80. The van der Waals surface area contributed by atoms with Gasteiger partial charge in [-0.2, -0.15) is 0 Å². The molecule has 4 N–H and O–H groups in total. The molecule has 0 bridgehead atoms. The molecule has 1 unspecified atom stereocenters. The van der Waals surface area contributed by atoms with Gasteiger partial charge < -0.3 is 20.8 Å². The Morgan fingerprint density at radius 3 is 2.36 bits per heavy atom. The molecular weight excluding hydrogens is 188 g/mol. The lowest BCUT2D eigenvalue weighted by Crippen LogP contribution is -2.41. The molecule has 0 aromatic rings. The van der Waals surface area contributed by atoms with Crippen LogP contribution in [-0.4, -0.2) is 47.3 Å². The molecule has 0 saturated carbocycles. The van der Waals surface area contributed by atoms with E-state index in [-0.39, 0.29) is 25.0 Å². The maximum Gasteiger partial charge on any atom is 0.334 e. The molecule has 0 fully saturated rings. The number of aliphatic carboxylic acids is 1. The van der Waals surface area contributed by atoms with Gasteiger partial charge in [0.25, 0.3) is 0 Å². The van der Waals surface area contributed by atoms with E-state index in [1.54, 1.807) is 0 Å². The third kappa shape index (κ3) is 6.38. The lowest BCUT2D eigenvalue weighted by molar-refractivity contribution is -0.146. The minimum absolute atomic E-state index is 0.115. The summed E-state index contributed by atoms with van der Waals surface area (Å²) in [6.07, 6.45) is -1.54. The van der Waals surface area contributed by atoms with Gasteiger partial charge in [0.2, 0.25) is 5.91 Å². The summed E-state index contributed by atoms with van der Waals surface area (Å²) in [5.41, 5.74) is 0. The maximum atomic E-state index is 11.0. The van der Waals surface area contributed by atoms with Crippen molar-refractivity contribution in [3.63, 3.8) is 0 Å². The number of carbonyl (C=O) groups is 2. The average Bonchev–Trinajstić information content (AvgIpc) is 2.10. The van der Waals surface area contributed by atoms with Gasteiger partial charge in [-0.25, -0.2) is 4.79 Å². The lowest BCUT2D eigenvalue weighted by atomic mass is 10.3. The zero-order valence-corrected chi connectivity index (χ0v) is 8.28. The Morgan fingerprint density at radius 2 is 1.93 bits per heavy atom. The minimum atomic E-state index is -1.54. The van der Waals surface area contributed by atoms with Gasteiger partial charge in [0, 0.05) is 6.04 Å². The molecule has 1 atom stereocenters. The molecule has 1 amide bonds. The largest absolute Gasteiger partial charge is 0.479 e. The van der Waals surface area contributed by atoms with Crippen molar-refractivity contribution in [1.82, 2.24) is 10.6 Å². The first-order valence-corrected chi connectivity index (χ1v) is 4.34. The Morgan fingerprint density at radius 1 is 1.36 bits per heavy atom. The number of nitrogens with one attached hydrogen (secondary N) is 2. The van der Waals surface area contributed by atoms with Crippen LogP contribution in [0, 0.1) is 0 Å². The molecule has 0 aromatic carbocycles. The third-order valence-corrected chi connectivity index (χ3v) is 1.45. The number of aliphatic hydroxyl groups excluding tert-OH is 1. The summed E-state index contributed by atoms with van der Waals surface area (Å²) in [4.78, 5) is 21.2. The van der Waals surface area contributed by atoms with E-state index in [0.717, 1.165) is 0 Å². The van der Waals surface area contributed by atoms with Crippen LogP contribution in [0.1, 0.15) is 13.8 Å². The molecule has 0 spiro atoms. The maximum absolute atomic E-state index is 11.0. The smallest absolute Gasteiger partial charge is 0.334 e. The van der Waals surface area contributed by atoms with E-state index in [9.17, 15) is 9.59 Å². The second-order valence-electron chi connectivity index (χ2n) is 3.19. The van der Waals surface area contributed by atoms with Crippen LogP contribution in [-0.2, 0) is 9.59 Å². The summed E-state index contributed by atoms with van der Waals surface area (Å²) < 4.78 is 0. The van der Waals surface area contributed by atoms with Crippen LogP contribution in [0.3, 0.4) is 0 Å². The van der Waals surface area contributed by atoms with Crippen molar-refractivity contribution in [2.24, 2.45) is 0 Å². The van der Waals surface area contributed by atoms with Crippen LogP contribution >= 0.6 is 0 Å². The molecule has 0 aromatic heterocycles. The van der Waals surface area contributed by atoms with Crippen molar-refractivity contribution >= 4 is 11.9 Å². The average molecular weight is 204 g/mol. The van der Waals surface area contributed by atoms with Crippen LogP contribution < -0.4 is 10.6 Å². The standard InChI is InChI=1S/C8H16N2O4/c1-5(2)9-4-7(12)10-3-6(11)8(13)14/h5-6,9,11H,3-4H2,1-2H3,(H,10,12)(H,13,14). The van der Waals surface area contributed by atoms with Crippen molar-refractivity contribution in [3.05, 3.63) is 0 Å². The van der Waals surface area contributed by atoms with E-state index in [2.05, 4.69) is 10.6 Å². The van der Waals surface area contributed by atoms with E-state index >= 15 is 0 Å². The van der Waals surface area contributed by atoms with Crippen LogP contribution in [0.25, 0.3) is 0 Å². The van der Waals surface area contributed by atoms with Gasteiger partial charge in [0.1, 0.15) is 0 Å². The SMILES string of the molecule is CC(C)NCC(=O)NCC(O)C(=O)O. The predicted octanol–water partition coefficient (Wildman–Crippen LogP) is -1.45. The van der Waals surface area contributed by atoms with Gasteiger partial charge in [0.05, 0.1) is 13.1 Å². The minimum Gasteiger partial charge on any atom is -0.479 e. The fourth-order valence-corrected chi connectivity index (χ4v) is 0.657. The van der Waals surface area contributed by atoms with E-state index < -0.39 is 12.1 Å².